The van der Waals surface area contributed by atoms with Gasteiger partial charge in [0.1, 0.15) is 11.2 Å². The Morgan fingerprint density at radius 3 is 2.79 bits per heavy atom. The maximum atomic E-state index is 13.0. The molecular weight excluding hydrogens is 328 g/mol. The smallest absolute Gasteiger partial charge is 0.342 e. The minimum Gasteiger partial charge on any atom is -0.462 e. The number of hydrogen-bond donors (Lipinski definition) is 1. The van der Waals surface area contributed by atoms with Crippen LogP contribution in [0.1, 0.15) is 17.3 Å². The molecule has 0 fully saturated rings. The van der Waals surface area contributed by atoms with E-state index in [9.17, 15) is 9.59 Å². The van der Waals surface area contributed by atoms with Gasteiger partial charge in [0.25, 0.3) is 5.56 Å². The lowest BCUT2D eigenvalue weighted by atomic mass is 10.1. The Labute approximate surface area is 141 Å². The summed E-state index contributed by atoms with van der Waals surface area (Å²) in [5.74, 6) is -0.478. The summed E-state index contributed by atoms with van der Waals surface area (Å²) < 4.78 is 6.70. The number of nitrogens with zero attached hydrogens (tertiary/aromatic N) is 1. The van der Waals surface area contributed by atoms with Gasteiger partial charge in [-0.1, -0.05) is 29.8 Å². The molecular formula is C18H13ClN2O3. The second-order valence-electron chi connectivity index (χ2n) is 5.42. The lowest BCUT2D eigenvalue weighted by Crippen LogP contribution is -2.18. The zero-order valence-electron chi connectivity index (χ0n) is 12.8. The molecule has 0 unspecified atom stereocenters. The molecule has 4 aromatic rings. The van der Waals surface area contributed by atoms with Crippen LogP contribution in [0.15, 0.2) is 47.3 Å². The van der Waals surface area contributed by atoms with E-state index in [1.807, 2.05) is 24.3 Å². The number of pyridine rings is 1. The summed E-state index contributed by atoms with van der Waals surface area (Å²) in [6, 6.07) is 12.3. The number of nitrogens with one attached hydrogen (secondary N) is 1. The van der Waals surface area contributed by atoms with Crippen LogP contribution < -0.4 is 5.56 Å². The first-order valence-electron chi connectivity index (χ1n) is 7.53. The quantitative estimate of drug-likeness (QED) is 0.565. The summed E-state index contributed by atoms with van der Waals surface area (Å²) in [5.41, 5.74) is 1.99. The van der Waals surface area contributed by atoms with Gasteiger partial charge in [-0.15, -0.1) is 0 Å². The zero-order chi connectivity index (χ0) is 16.8. The number of hydrogen-bond acceptors (Lipinski definition) is 3. The van der Waals surface area contributed by atoms with Crippen molar-refractivity contribution in [1.82, 2.24) is 9.38 Å². The molecule has 0 atom stereocenters. The number of H-pyrrole nitrogens is 1. The monoisotopic (exact) mass is 340 g/mol. The fraction of sp³-hybridized carbons (Fsp3) is 0.111. The number of imidazole rings is 1. The van der Waals surface area contributed by atoms with Crippen molar-refractivity contribution >= 4 is 45.0 Å². The summed E-state index contributed by atoms with van der Waals surface area (Å²) >= 11 is 6.05. The number of esters is 1. The number of aromatic nitrogens is 2. The van der Waals surface area contributed by atoms with Gasteiger partial charge >= 0.3 is 5.97 Å². The van der Waals surface area contributed by atoms with E-state index in [-0.39, 0.29) is 12.2 Å². The average Bonchev–Trinajstić information content (AvgIpc) is 2.95. The summed E-state index contributed by atoms with van der Waals surface area (Å²) in [5, 5.41) is 1.34. The fourth-order valence-electron chi connectivity index (χ4n) is 3.03. The predicted octanol–water partition coefficient (Wildman–Crippen LogP) is 3.76. The number of para-hydroxylation sites is 2. The largest absolute Gasteiger partial charge is 0.462 e. The number of rotatable bonds is 2. The van der Waals surface area contributed by atoms with Crippen molar-refractivity contribution in [1.29, 1.82) is 0 Å². The van der Waals surface area contributed by atoms with Crippen LogP contribution in [0.2, 0.25) is 5.02 Å². The molecule has 0 amide bonds. The highest BCUT2D eigenvalue weighted by atomic mass is 35.5. The van der Waals surface area contributed by atoms with Gasteiger partial charge in [0, 0.05) is 10.4 Å². The molecule has 24 heavy (non-hydrogen) atoms. The zero-order valence-corrected chi connectivity index (χ0v) is 13.6. The molecule has 2 aromatic heterocycles. The topological polar surface area (TPSA) is 63.6 Å². The van der Waals surface area contributed by atoms with E-state index in [1.165, 1.54) is 4.40 Å². The molecule has 2 heterocycles. The molecule has 0 aliphatic carbocycles. The van der Waals surface area contributed by atoms with Crippen LogP contribution in [-0.2, 0) is 4.74 Å². The Morgan fingerprint density at radius 2 is 2.00 bits per heavy atom. The standard InChI is InChI=1S/C18H13ClN2O3/c1-2-24-18(23)15-11-8-7-10(19)9-12(11)17(22)21-14-6-4-3-5-13(14)20-16(15)21/h3-9,20H,2H2,1H3. The summed E-state index contributed by atoms with van der Waals surface area (Å²) in [7, 11) is 0. The third-order valence-electron chi connectivity index (χ3n) is 4.02. The van der Waals surface area contributed by atoms with Gasteiger partial charge in [0.05, 0.1) is 23.0 Å². The van der Waals surface area contributed by atoms with E-state index < -0.39 is 5.97 Å². The fourth-order valence-corrected chi connectivity index (χ4v) is 3.20. The molecule has 2 aromatic carbocycles. The molecule has 6 heteroatoms. The minimum absolute atomic E-state index is 0.229. The number of fused-ring (bicyclic) bond motifs is 4. The maximum Gasteiger partial charge on any atom is 0.342 e. The normalized spacial score (nSPS) is 11.4. The van der Waals surface area contributed by atoms with E-state index in [4.69, 9.17) is 16.3 Å². The van der Waals surface area contributed by atoms with Crippen LogP contribution in [0.25, 0.3) is 27.5 Å². The van der Waals surface area contributed by atoms with Gasteiger partial charge in [-0.3, -0.25) is 9.20 Å². The second-order valence-corrected chi connectivity index (χ2v) is 5.85. The van der Waals surface area contributed by atoms with Crippen molar-refractivity contribution in [2.45, 2.75) is 6.92 Å². The average molecular weight is 341 g/mol. The van der Waals surface area contributed by atoms with Gasteiger partial charge in [0.2, 0.25) is 0 Å². The van der Waals surface area contributed by atoms with Crippen LogP contribution >= 0.6 is 11.6 Å². The van der Waals surface area contributed by atoms with Crippen molar-refractivity contribution < 1.29 is 9.53 Å². The molecule has 0 spiro atoms. The maximum absolute atomic E-state index is 13.0. The van der Waals surface area contributed by atoms with E-state index in [1.54, 1.807) is 25.1 Å². The van der Waals surface area contributed by atoms with Gasteiger partial charge in [-0.25, -0.2) is 4.79 Å². The van der Waals surface area contributed by atoms with Gasteiger partial charge in [-0.05, 0) is 31.2 Å². The number of carbonyl (C=O) groups excluding carboxylic acids is 1. The van der Waals surface area contributed by atoms with E-state index in [2.05, 4.69) is 4.98 Å². The van der Waals surface area contributed by atoms with Crippen molar-refractivity contribution in [3.63, 3.8) is 0 Å². The first-order chi connectivity index (χ1) is 11.6. The van der Waals surface area contributed by atoms with Crippen molar-refractivity contribution in [2.75, 3.05) is 6.61 Å². The summed E-state index contributed by atoms with van der Waals surface area (Å²) in [6.45, 7) is 1.99. The van der Waals surface area contributed by atoms with Crippen LogP contribution in [0.3, 0.4) is 0 Å². The van der Waals surface area contributed by atoms with Gasteiger partial charge in [-0.2, -0.15) is 0 Å². The predicted molar refractivity (Wildman–Crippen MR) is 94.0 cm³/mol. The van der Waals surface area contributed by atoms with E-state index in [0.717, 1.165) is 5.52 Å². The molecule has 4 rings (SSSR count). The molecule has 0 aliphatic heterocycles. The van der Waals surface area contributed by atoms with Crippen LogP contribution in [0.4, 0.5) is 0 Å². The van der Waals surface area contributed by atoms with E-state index >= 15 is 0 Å². The number of benzene rings is 2. The first-order valence-corrected chi connectivity index (χ1v) is 7.91. The molecule has 120 valence electrons. The Hall–Kier alpha value is -2.79. The molecule has 1 N–H and O–H groups in total. The third-order valence-corrected chi connectivity index (χ3v) is 4.26. The minimum atomic E-state index is -0.478. The number of halogens is 1. The van der Waals surface area contributed by atoms with Crippen LogP contribution in [0.5, 0.6) is 0 Å². The lowest BCUT2D eigenvalue weighted by molar-refractivity contribution is 0.0530. The van der Waals surface area contributed by atoms with Crippen molar-refractivity contribution in [3.8, 4) is 0 Å². The highest BCUT2D eigenvalue weighted by molar-refractivity contribution is 6.31. The molecule has 0 saturated carbocycles. The Balaban J connectivity index is 2.29. The Morgan fingerprint density at radius 1 is 1.21 bits per heavy atom. The third kappa shape index (κ3) is 2.02. The number of ether oxygens (including phenoxy) is 1. The number of carbonyl (C=O) groups is 1. The molecule has 0 saturated heterocycles. The molecule has 0 aliphatic rings. The van der Waals surface area contributed by atoms with Gasteiger partial charge in [0.15, 0.2) is 0 Å². The molecule has 0 bridgehead atoms. The Kier molecular flexibility index (Phi) is 3.32. The van der Waals surface area contributed by atoms with Crippen molar-refractivity contribution in [2.24, 2.45) is 0 Å². The van der Waals surface area contributed by atoms with E-state index in [0.29, 0.717) is 32.5 Å². The summed E-state index contributed by atoms with van der Waals surface area (Å²) in [6.07, 6.45) is 0. The highest BCUT2D eigenvalue weighted by Gasteiger charge is 2.21. The summed E-state index contributed by atoms with van der Waals surface area (Å²) in [4.78, 5) is 28.7. The Bertz CT molecular complexity index is 1170. The SMILES string of the molecule is CCOC(=O)c1c2ccc(Cl)cc2c(=O)n2c1[nH]c1ccccc12. The molecule has 0 radical (unpaired) electrons. The molecule has 5 nitrogen and oxygen atoms in total. The lowest BCUT2D eigenvalue weighted by Gasteiger charge is -2.09. The number of aromatic amines is 1. The van der Waals surface area contributed by atoms with Crippen molar-refractivity contribution in [3.05, 3.63) is 63.4 Å². The first kappa shape index (κ1) is 14.8. The van der Waals surface area contributed by atoms with Gasteiger partial charge < -0.3 is 9.72 Å². The van der Waals surface area contributed by atoms with Crippen LogP contribution in [-0.4, -0.2) is 22.0 Å². The second kappa shape index (κ2) is 5.39. The van der Waals surface area contributed by atoms with Crippen LogP contribution in [0, 0.1) is 0 Å². The highest BCUT2D eigenvalue weighted by Crippen LogP contribution is 2.26.